The first kappa shape index (κ1) is 18.1. The minimum atomic E-state index is -5.17. The fourth-order valence-corrected chi connectivity index (χ4v) is 3.03. The Morgan fingerprint density at radius 1 is 1.21 bits per heavy atom. The lowest BCUT2D eigenvalue weighted by atomic mass is 10.0. The van der Waals surface area contributed by atoms with Crippen molar-refractivity contribution >= 4 is 28.6 Å². The number of alkyl halides is 3. The van der Waals surface area contributed by atoms with E-state index in [1.807, 2.05) is 0 Å². The van der Waals surface area contributed by atoms with Gasteiger partial charge in [-0.25, -0.2) is 9.78 Å². The van der Waals surface area contributed by atoms with Gasteiger partial charge in [0.05, 0.1) is 5.02 Å². The molecular formula is C18H10ClF3N4O2. The molecule has 0 aliphatic rings. The summed E-state index contributed by atoms with van der Waals surface area (Å²) in [5.74, 6) is -2.37. The van der Waals surface area contributed by atoms with E-state index in [2.05, 4.69) is 15.0 Å². The highest BCUT2D eigenvalue weighted by molar-refractivity contribution is 6.31. The minimum Gasteiger partial charge on any atom is -0.367 e. The van der Waals surface area contributed by atoms with Gasteiger partial charge in [-0.15, -0.1) is 0 Å². The molecule has 4 aromatic rings. The zero-order valence-corrected chi connectivity index (χ0v) is 14.6. The Kier molecular flexibility index (Phi) is 4.31. The van der Waals surface area contributed by atoms with Gasteiger partial charge in [0.2, 0.25) is 0 Å². The first-order chi connectivity index (χ1) is 13.4. The number of aromatic amines is 1. The summed E-state index contributed by atoms with van der Waals surface area (Å²) in [5, 5.41) is 0.684. The van der Waals surface area contributed by atoms with Gasteiger partial charge < -0.3 is 9.82 Å². The van der Waals surface area contributed by atoms with Crippen LogP contribution in [0.3, 0.4) is 0 Å². The molecule has 4 rings (SSSR count). The maximum absolute atomic E-state index is 12.9. The molecule has 0 spiro atoms. The van der Waals surface area contributed by atoms with E-state index in [-0.39, 0.29) is 16.4 Å². The van der Waals surface area contributed by atoms with Crippen molar-refractivity contribution in [2.24, 2.45) is 0 Å². The highest BCUT2D eigenvalue weighted by Crippen LogP contribution is 2.40. The molecule has 0 amide bonds. The molecule has 0 fully saturated rings. The van der Waals surface area contributed by atoms with Crippen molar-refractivity contribution in [3.8, 4) is 22.4 Å². The van der Waals surface area contributed by atoms with Gasteiger partial charge in [-0.1, -0.05) is 17.7 Å². The Hall–Kier alpha value is -3.33. The van der Waals surface area contributed by atoms with E-state index in [0.717, 1.165) is 4.73 Å². The van der Waals surface area contributed by atoms with Gasteiger partial charge in [0.15, 0.2) is 5.65 Å². The second-order valence-corrected chi connectivity index (χ2v) is 6.20. The molecule has 0 saturated heterocycles. The average Bonchev–Trinajstić information content (AvgIpc) is 3.28. The SMILES string of the molecule is O=C(On1c(-c2cc[nH]c2)c(-c2cccnc2)c2cc(Cl)cnc21)C(F)(F)F. The minimum absolute atomic E-state index is 0.0112. The lowest BCUT2D eigenvalue weighted by molar-refractivity contribution is -0.199. The molecule has 142 valence electrons. The Morgan fingerprint density at radius 2 is 2.04 bits per heavy atom. The van der Waals surface area contributed by atoms with E-state index in [1.165, 1.54) is 6.20 Å². The highest BCUT2D eigenvalue weighted by atomic mass is 35.5. The number of hydrogen-bond donors (Lipinski definition) is 1. The molecule has 0 bridgehead atoms. The van der Waals surface area contributed by atoms with Crippen LogP contribution in [0.15, 0.2) is 55.2 Å². The molecule has 0 radical (unpaired) electrons. The van der Waals surface area contributed by atoms with Gasteiger partial charge in [-0.3, -0.25) is 4.98 Å². The zero-order valence-electron chi connectivity index (χ0n) is 13.9. The van der Waals surface area contributed by atoms with Gasteiger partial charge in [0, 0.05) is 53.1 Å². The molecule has 0 saturated carbocycles. The second kappa shape index (κ2) is 6.68. The smallest absolute Gasteiger partial charge is 0.367 e. The van der Waals surface area contributed by atoms with E-state index in [1.54, 1.807) is 49.1 Å². The van der Waals surface area contributed by atoms with Crippen LogP contribution >= 0.6 is 11.6 Å². The van der Waals surface area contributed by atoms with Crippen LogP contribution in [0.1, 0.15) is 0 Å². The number of H-pyrrole nitrogens is 1. The number of nitrogens with zero attached hydrogens (tertiary/aromatic N) is 3. The van der Waals surface area contributed by atoms with Gasteiger partial charge in [-0.2, -0.15) is 17.9 Å². The van der Waals surface area contributed by atoms with E-state index in [4.69, 9.17) is 16.4 Å². The molecule has 0 aliphatic carbocycles. The highest BCUT2D eigenvalue weighted by Gasteiger charge is 2.43. The first-order valence-corrected chi connectivity index (χ1v) is 8.27. The van der Waals surface area contributed by atoms with Crippen LogP contribution in [0.25, 0.3) is 33.4 Å². The second-order valence-electron chi connectivity index (χ2n) is 5.76. The van der Waals surface area contributed by atoms with E-state index < -0.39 is 12.1 Å². The number of hydrogen-bond acceptors (Lipinski definition) is 4. The van der Waals surface area contributed by atoms with Crippen molar-refractivity contribution < 1.29 is 22.8 Å². The fraction of sp³-hybridized carbons (Fsp3) is 0.0556. The quantitative estimate of drug-likeness (QED) is 0.551. The van der Waals surface area contributed by atoms with E-state index in [9.17, 15) is 18.0 Å². The number of pyridine rings is 2. The lowest BCUT2D eigenvalue weighted by Gasteiger charge is -2.11. The predicted octanol–water partition coefficient (Wildman–Crippen LogP) is 4.26. The number of fused-ring (bicyclic) bond motifs is 1. The van der Waals surface area contributed by atoms with E-state index in [0.29, 0.717) is 22.1 Å². The first-order valence-electron chi connectivity index (χ1n) is 7.89. The van der Waals surface area contributed by atoms with Crippen molar-refractivity contribution in [1.29, 1.82) is 0 Å². The molecule has 4 heterocycles. The van der Waals surface area contributed by atoms with Crippen LogP contribution in [0.5, 0.6) is 0 Å². The van der Waals surface area contributed by atoms with Gasteiger partial charge in [0.1, 0.15) is 5.69 Å². The molecule has 0 unspecified atom stereocenters. The predicted molar refractivity (Wildman–Crippen MR) is 95.4 cm³/mol. The summed E-state index contributed by atoms with van der Waals surface area (Å²) >= 11 is 6.06. The maximum Gasteiger partial charge on any atom is 0.493 e. The molecule has 0 aromatic carbocycles. The van der Waals surface area contributed by atoms with Crippen molar-refractivity contribution in [3.63, 3.8) is 0 Å². The molecule has 1 N–H and O–H groups in total. The number of carbonyl (C=O) groups excluding carboxylic acids is 1. The van der Waals surface area contributed by atoms with Gasteiger partial charge >= 0.3 is 12.1 Å². The molecule has 0 aliphatic heterocycles. The fourth-order valence-electron chi connectivity index (χ4n) is 2.87. The average molecular weight is 407 g/mol. The van der Waals surface area contributed by atoms with Crippen molar-refractivity contribution in [3.05, 3.63) is 60.3 Å². The normalized spacial score (nSPS) is 11.7. The molecule has 10 heteroatoms. The molecule has 4 aromatic heterocycles. The van der Waals surface area contributed by atoms with Gasteiger partial charge in [0.25, 0.3) is 0 Å². The Morgan fingerprint density at radius 3 is 2.68 bits per heavy atom. The number of aromatic nitrogens is 4. The topological polar surface area (TPSA) is 72.8 Å². The monoisotopic (exact) mass is 406 g/mol. The number of halogens is 4. The molecule has 0 atom stereocenters. The van der Waals surface area contributed by atoms with E-state index >= 15 is 0 Å². The summed E-state index contributed by atoms with van der Waals surface area (Å²) in [6.07, 6.45) is 2.35. The zero-order chi connectivity index (χ0) is 19.9. The van der Waals surface area contributed by atoms with Crippen LogP contribution in [-0.2, 0) is 4.79 Å². The summed E-state index contributed by atoms with van der Waals surface area (Å²) in [5.41, 5.74) is 1.78. The Labute approximate surface area is 160 Å². The van der Waals surface area contributed by atoms with Crippen molar-refractivity contribution in [2.45, 2.75) is 6.18 Å². The Bertz CT molecular complexity index is 1160. The maximum atomic E-state index is 12.9. The number of carbonyl (C=O) groups is 1. The van der Waals surface area contributed by atoms with Crippen LogP contribution in [0.4, 0.5) is 13.2 Å². The van der Waals surface area contributed by atoms with Crippen LogP contribution < -0.4 is 4.84 Å². The molecule has 28 heavy (non-hydrogen) atoms. The number of rotatable bonds is 3. The molecule has 6 nitrogen and oxygen atoms in total. The summed E-state index contributed by atoms with van der Waals surface area (Å²) < 4.78 is 39.3. The number of nitrogens with one attached hydrogen (secondary N) is 1. The standard InChI is InChI=1S/C18H10ClF3N4O2/c19-12-6-13-14(10-2-1-4-23-7-10)15(11-3-5-24-8-11)26(16(13)25-9-12)28-17(27)18(20,21)22/h1-9,24H. The van der Waals surface area contributed by atoms with Crippen LogP contribution in [0.2, 0.25) is 5.02 Å². The summed E-state index contributed by atoms with van der Waals surface area (Å²) in [7, 11) is 0. The van der Waals surface area contributed by atoms with Crippen molar-refractivity contribution in [1.82, 2.24) is 19.7 Å². The lowest BCUT2D eigenvalue weighted by Crippen LogP contribution is -2.33. The summed E-state index contributed by atoms with van der Waals surface area (Å²) in [4.78, 5) is 27.3. The van der Waals surface area contributed by atoms with Crippen LogP contribution in [0, 0.1) is 0 Å². The molecular weight excluding hydrogens is 397 g/mol. The van der Waals surface area contributed by atoms with Crippen LogP contribution in [-0.4, -0.2) is 31.8 Å². The van der Waals surface area contributed by atoms with Gasteiger partial charge in [-0.05, 0) is 18.2 Å². The van der Waals surface area contributed by atoms with Crippen molar-refractivity contribution in [2.75, 3.05) is 0 Å². The Balaban J connectivity index is 2.08. The third-order valence-electron chi connectivity index (χ3n) is 3.96. The third kappa shape index (κ3) is 3.09. The third-order valence-corrected chi connectivity index (χ3v) is 4.17. The summed E-state index contributed by atoms with van der Waals surface area (Å²) in [6, 6.07) is 6.59. The largest absolute Gasteiger partial charge is 0.493 e. The summed E-state index contributed by atoms with van der Waals surface area (Å²) in [6.45, 7) is 0.